The Bertz CT molecular complexity index is 3310. The van der Waals surface area contributed by atoms with Gasteiger partial charge in [-0.25, -0.2) is 0 Å². The third kappa shape index (κ3) is 6.20. The molecule has 68 heavy (non-hydrogen) atoms. The molecule has 338 valence electrons. The molecular weight excluding hydrogens is 865 g/mol. The van der Waals surface area contributed by atoms with Crippen molar-refractivity contribution in [2.45, 2.75) is 47.7 Å². The van der Waals surface area contributed by atoms with Crippen LogP contribution in [0, 0.1) is 0 Å². The first-order valence-electron chi connectivity index (χ1n) is 22.2. The van der Waals surface area contributed by atoms with Gasteiger partial charge in [0.15, 0.2) is 0 Å². The molecule has 0 bridgehead atoms. The predicted molar refractivity (Wildman–Crippen MR) is 248 cm³/mol. The number of benzene rings is 8. The Kier molecular flexibility index (Phi) is 8.97. The molecular formula is C56H42O12. The largest absolute Gasteiger partial charge is 0.508 e. The summed E-state index contributed by atoms with van der Waals surface area (Å²) in [7, 11) is 0. The van der Waals surface area contributed by atoms with E-state index >= 15 is 0 Å². The fourth-order valence-electron chi connectivity index (χ4n) is 12.0. The van der Waals surface area contributed by atoms with Crippen molar-refractivity contribution >= 4 is 0 Å². The van der Waals surface area contributed by atoms with Crippen molar-refractivity contribution in [1.29, 1.82) is 0 Å². The second kappa shape index (κ2) is 14.9. The average Bonchev–Trinajstić information content (AvgIpc) is 3.96. The van der Waals surface area contributed by atoms with E-state index < -0.39 is 47.7 Å². The summed E-state index contributed by atoms with van der Waals surface area (Å²) in [4.78, 5) is 0. The normalized spacial score (nSPS) is 22.6. The first kappa shape index (κ1) is 40.8. The third-order valence-electron chi connectivity index (χ3n) is 14.4. The topological polar surface area (TPSA) is 221 Å². The van der Waals surface area contributed by atoms with Crippen LogP contribution in [0.15, 0.2) is 146 Å². The van der Waals surface area contributed by atoms with E-state index in [1.807, 2.05) is 0 Å². The molecule has 12 nitrogen and oxygen atoms in total. The molecule has 0 spiro atoms. The molecule has 0 unspecified atom stereocenters. The quantitative estimate of drug-likeness (QED) is 0.0753. The van der Waals surface area contributed by atoms with Crippen molar-refractivity contribution < 1.29 is 60.5 Å². The molecule has 2 aliphatic heterocycles. The summed E-state index contributed by atoms with van der Waals surface area (Å²) in [5.74, 6) is -4.85. The monoisotopic (exact) mass is 906 g/mol. The van der Waals surface area contributed by atoms with Gasteiger partial charge in [0.2, 0.25) is 0 Å². The van der Waals surface area contributed by atoms with E-state index in [1.165, 1.54) is 30.3 Å². The third-order valence-corrected chi connectivity index (χ3v) is 14.4. The SMILES string of the molecule is Oc1ccc([C@H]2c3c(O)cc4c5c3[C@@H]([C@H](c3ccc(O)cc3)c3c(O)cc(O)cc3[C@H]5[C@H](c3ccc(O)cc3)O4)[C@@H]2c2cc(O)cc3c2[C@@H](c2cc(O)cc(O)c2)[C@H](c2ccc(O)cc2)O3)cc1. The van der Waals surface area contributed by atoms with Crippen LogP contribution in [0.5, 0.6) is 69.0 Å². The lowest BCUT2D eigenvalue weighted by molar-refractivity contribution is 0.221. The van der Waals surface area contributed by atoms with Crippen LogP contribution in [-0.2, 0) is 0 Å². The summed E-state index contributed by atoms with van der Waals surface area (Å²) < 4.78 is 13.7. The molecule has 0 radical (unpaired) electrons. The van der Waals surface area contributed by atoms with Crippen molar-refractivity contribution in [2.75, 3.05) is 0 Å². The summed E-state index contributed by atoms with van der Waals surface area (Å²) in [6, 6.07) is 38.5. The van der Waals surface area contributed by atoms with Crippen LogP contribution in [0.3, 0.4) is 0 Å². The smallest absolute Gasteiger partial charge is 0.135 e. The molecule has 0 fully saturated rings. The van der Waals surface area contributed by atoms with Gasteiger partial charge in [-0.2, -0.15) is 0 Å². The number of phenolic OH excluding ortho intramolecular Hbond substituents is 10. The number of aromatic hydroxyl groups is 10. The highest BCUT2D eigenvalue weighted by Gasteiger charge is 2.57. The molecule has 0 aromatic heterocycles. The lowest BCUT2D eigenvalue weighted by Gasteiger charge is -2.35. The highest BCUT2D eigenvalue weighted by atomic mass is 16.5. The Morgan fingerprint density at radius 3 is 1.24 bits per heavy atom. The van der Waals surface area contributed by atoms with E-state index in [0.717, 1.165) is 0 Å². The Morgan fingerprint density at radius 2 is 0.691 bits per heavy atom. The van der Waals surface area contributed by atoms with E-state index in [-0.39, 0.29) is 57.5 Å². The van der Waals surface area contributed by atoms with Gasteiger partial charge >= 0.3 is 0 Å². The Labute approximate surface area is 388 Å². The molecule has 12 rings (SSSR count). The van der Waals surface area contributed by atoms with Gasteiger partial charge in [-0.1, -0.05) is 48.5 Å². The van der Waals surface area contributed by atoms with Crippen LogP contribution < -0.4 is 9.47 Å². The molecule has 12 heteroatoms. The van der Waals surface area contributed by atoms with Gasteiger partial charge in [-0.15, -0.1) is 0 Å². The number of hydrogen-bond donors (Lipinski definition) is 10. The zero-order valence-electron chi connectivity index (χ0n) is 35.8. The van der Waals surface area contributed by atoms with E-state index in [2.05, 4.69) is 0 Å². The number of rotatable bonds is 6. The fraction of sp³-hybridized carbons (Fsp3) is 0.143. The molecule has 0 amide bonds. The molecule has 0 saturated carbocycles. The average molecular weight is 907 g/mol. The van der Waals surface area contributed by atoms with Gasteiger partial charge in [-0.05, 0) is 117 Å². The zero-order valence-corrected chi connectivity index (χ0v) is 35.8. The molecule has 4 aliphatic rings. The minimum Gasteiger partial charge on any atom is -0.508 e. The molecule has 0 saturated heterocycles. The number of ether oxygens (including phenoxy) is 2. The highest BCUT2D eigenvalue weighted by molar-refractivity contribution is 5.74. The molecule has 8 atom stereocenters. The minimum atomic E-state index is -0.820. The standard InChI is InChI=1S/C56H42O12/c57-30-9-1-25(2-10-30)44-47-38(20-36(63)22-40(47)65)50-52-43(68-56(50)28-7-15-33(60)16-8-28)24-41(66)51-45(26-3-11-31(58)12-4-26)49(53(44)54(51)52)39-21-37(64)23-42-48(39)46(29-17-34(61)19-35(62)18-29)55(67-42)27-5-13-32(59)14-6-27/h1-24,44-46,49-50,53,55-66H/t44-,45-,46-,49-,50-,53+,55+,56+/m1/s1. The lowest BCUT2D eigenvalue weighted by atomic mass is 9.67. The van der Waals surface area contributed by atoms with Crippen molar-refractivity contribution in [2.24, 2.45) is 0 Å². The van der Waals surface area contributed by atoms with Crippen molar-refractivity contribution in [3.8, 4) is 69.0 Å². The molecule has 2 heterocycles. The van der Waals surface area contributed by atoms with Gasteiger partial charge in [0.1, 0.15) is 81.2 Å². The van der Waals surface area contributed by atoms with Gasteiger partial charge < -0.3 is 60.5 Å². The van der Waals surface area contributed by atoms with Crippen LogP contribution in [0.1, 0.15) is 114 Å². The zero-order chi connectivity index (χ0) is 46.9. The van der Waals surface area contributed by atoms with E-state index in [1.54, 1.807) is 115 Å². The summed E-state index contributed by atoms with van der Waals surface area (Å²) in [6.07, 6.45) is -1.60. The summed E-state index contributed by atoms with van der Waals surface area (Å²) in [6.45, 7) is 0. The van der Waals surface area contributed by atoms with Crippen LogP contribution >= 0.6 is 0 Å². The second-order valence-electron chi connectivity index (χ2n) is 18.2. The van der Waals surface area contributed by atoms with E-state index in [4.69, 9.17) is 9.47 Å². The lowest BCUT2D eigenvalue weighted by Crippen LogP contribution is -2.22. The summed E-state index contributed by atoms with van der Waals surface area (Å²) >= 11 is 0. The van der Waals surface area contributed by atoms with E-state index in [0.29, 0.717) is 78.3 Å². The van der Waals surface area contributed by atoms with Gasteiger partial charge in [0.05, 0.1) is 11.8 Å². The minimum absolute atomic E-state index is 0.00343. The van der Waals surface area contributed by atoms with Crippen LogP contribution in [-0.4, -0.2) is 51.1 Å². The van der Waals surface area contributed by atoms with Crippen molar-refractivity contribution in [3.63, 3.8) is 0 Å². The van der Waals surface area contributed by atoms with E-state index in [9.17, 15) is 51.1 Å². The number of phenols is 10. The highest BCUT2D eigenvalue weighted by Crippen LogP contribution is 2.72. The molecule has 10 N–H and O–H groups in total. The first-order valence-corrected chi connectivity index (χ1v) is 22.2. The Morgan fingerprint density at radius 1 is 0.265 bits per heavy atom. The number of hydrogen-bond acceptors (Lipinski definition) is 12. The Hall–Kier alpha value is -8.64. The van der Waals surface area contributed by atoms with Gasteiger partial charge in [0.25, 0.3) is 0 Å². The summed E-state index contributed by atoms with van der Waals surface area (Å²) in [5, 5.41) is 113. The molecule has 8 aromatic carbocycles. The maximum absolute atomic E-state index is 12.7. The molecule has 2 aliphatic carbocycles. The van der Waals surface area contributed by atoms with Crippen LogP contribution in [0.4, 0.5) is 0 Å². The maximum Gasteiger partial charge on any atom is 0.135 e. The fourth-order valence-corrected chi connectivity index (χ4v) is 12.0. The first-order chi connectivity index (χ1) is 32.8. The van der Waals surface area contributed by atoms with Crippen LogP contribution in [0.2, 0.25) is 0 Å². The Balaban J connectivity index is 1.21. The summed E-state index contributed by atoms with van der Waals surface area (Å²) in [5.41, 5.74) is 7.24. The molecule has 8 aromatic rings. The van der Waals surface area contributed by atoms with Gasteiger partial charge in [-0.3, -0.25) is 0 Å². The second-order valence-corrected chi connectivity index (χ2v) is 18.2. The van der Waals surface area contributed by atoms with Crippen molar-refractivity contribution in [1.82, 2.24) is 0 Å². The number of fused-ring (bicyclic) bond motifs is 3. The van der Waals surface area contributed by atoms with Crippen molar-refractivity contribution in [3.05, 3.63) is 212 Å². The van der Waals surface area contributed by atoms with Crippen LogP contribution in [0.25, 0.3) is 0 Å². The predicted octanol–water partition coefficient (Wildman–Crippen LogP) is 10.4. The maximum atomic E-state index is 12.7. The van der Waals surface area contributed by atoms with Gasteiger partial charge in [0, 0.05) is 70.2 Å².